The van der Waals surface area contributed by atoms with E-state index in [1.807, 2.05) is 0 Å². The van der Waals surface area contributed by atoms with Crippen molar-refractivity contribution in [3.05, 3.63) is 18.1 Å². The number of hydrogen-bond donors (Lipinski definition) is 1. The van der Waals surface area contributed by atoms with Crippen LogP contribution in [0.2, 0.25) is 0 Å². The van der Waals surface area contributed by atoms with Gasteiger partial charge in [-0.05, 0) is 26.7 Å². The highest BCUT2D eigenvalue weighted by Crippen LogP contribution is 2.18. The van der Waals surface area contributed by atoms with E-state index in [1.54, 1.807) is 12.4 Å². The van der Waals surface area contributed by atoms with Gasteiger partial charge in [-0.2, -0.15) is 0 Å². The summed E-state index contributed by atoms with van der Waals surface area (Å²) in [6, 6.07) is 0.316. The van der Waals surface area contributed by atoms with Crippen LogP contribution in [0, 0.1) is 0 Å². The molecule has 1 amide bonds. The van der Waals surface area contributed by atoms with E-state index in [4.69, 9.17) is 0 Å². The maximum atomic E-state index is 12.0. The molecule has 104 valence electrons. The Hall–Kier alpha value is -1.65. The molecular formula is C14H22N4O. The molecule has 0 spiro atoms. The number of anilines is 1. The zero-order valence-electron chi connectivity index (χ0n) is 11.7. The Morgan fingerprint density at radius 3 is 2.47 bits per heavy atom. The third kappa shape index (κ3) is 3.43. The van der Waals surface area contributed by atoms with Crippen molar-refractivity contribution < 1.29 is 4.79 Å². The van der Waals surface area contributed by atoms with Crippen molar-refractivity contribution in [1.29, 1.82) is 0 Å². The molecule has 0 atom stereocenters. The Morgan fingerprint density at radius 1 is 1.26 bits per heavy atom. The Morgan fingerprint density at radius 2 is 1.95 bits per heavy atom. The Bertz CT molecular complexity index is 408. The molecule has 5 heteroatoms. The first kappa shape index (κ1) is 13.8. The zero-order valence-corrected chi connectivity index (χ0v) is 11.7. The van der Waals surface area contributed by atoms with Gasteiger partial charge in [-0.25, -0.2) is 9.97 Å². The van der Waals surface area contributed by atoms with Crippen molar-refractivity contribution in [3.8, 4) is 0 Å². The summed E-state index contributed by atoms with van der Waals surface area (Å²) in [7, 11) is 0. The smallest absolute Gasteiger partial charge is 0.271 e. The summed E-state index contributed by atoms with van der Waals surface area (Å²) in [6.45, 7) is 5.93. The molecule has 2 rings (SSSR count). The summed E-state index contributed by atoms with van der Waals surface area (Å²) in [5.41, 5.74) is 0.405. The number of amides is 1. The summed E-state index contributed by atoms with van der Waals surface area (Å²) in [6.07, 6.45) is 7.82. The molecule has 1 fully saturated rings. The molecule has 0 aliphatic heterocycles. The number of nitrogens with zero attached hydrogens (tertiary/aromatic N) is 3. The van der Waals surface area contributed by atoms with Crippen LogP contribution in [0.4, 0.5) is 5.82 Å². The summed E-state index contributed by atoms with van der Waals surface area (Å²) in [5, 5.41) is 3.02. The van der Waals surface area contributed by atoms with Crippen molar-refractivity contribution >= 4 is 11.7 Å². The van der Waals surface area contributed by atoms with Crippen LogP contribution >= 0.6 is 0 Å². The second kappa shape index (κ2) is 6.50. The molecule has 5 nitrogen and oxygen atoms in total. The van der Waals surface area contributed by atoms with Crippen LogP contribution in [0.3, 0.4) is 0 Å². The van der Waals surface area contributed by atoms with Gasteiger partial charge >= 0.3 is 0 Å². The van der Waals surface area contributed by atoms with Crippen molar-refractivity contribution in [2.75, 3.05) is 18.0 Å². The fourth-order valence-corrected chi connectivity index (χ4v) is 2.48. The molecule has 1 aromatic rings. The minimum absolute atomic E-state index is 0.106. The van der Waals surface area contributed by atoms with Crippen LogP contribution < -0.4 is 10.2 Å². The molecule has 0 saturated heterocycles. The molecule has 1 aromatic heterocycles. The normalized spacial score (nSPS) is 15.5. The van der Waals surface area contributed by atoms with Crippen LogP contribution in [0.5, 0.6) is 0 Å². The highest BCUT2D eigenvalue weighted by molar-refractivity contribution is 5.92. The molecule has 1 N–H and O–H groups in total. The largest absolute Gasteiger partial charge is 0.356 e. The van der Waals surface area contributed by atoms with Crippen LogP contribution in [0.25, 0.3) is 0 Å². The quantitative estimate of drug-likeness (QED) is 0.881. The summed E-state index contributed by atoms with van der Waals surface area (Å²) in [4.78, 5) is 22.6. The van der Waals surface area contributed by atoms with Gasteiger partial charge in [0.05, 0.1) is 12.4 Å². The summed E-state index contributed by atoms with van der Waals surface area (Å²) >= 11 is 0. The Kier molecular flexibility index (Phi) is 4.71. The van der Waals surface area contributed by atoms with Gasteiger partial charge in [0.1, 0.15) is 11.5 Å². The van der Waals surface area contributed by atoms with E-state index in [2.05, 4.69) is 34.0 Å². The number of aromatic nitrogens is 2. The first-order valence-electron chi connectivity index (χ1n) is 7.12. The number of nitrogens with one attached hydrogen (secondary N) is 1. The van der Waals surface area contributed by atoms with Crippen LogP contribution in [-0.4, -0.2) is 35.0 Å². The molecule has 0 radical (unpaired) electrons. The molecule has 1 aliphatic carbocycles. The fourth-order valence-electron chi connectivity index (χ4n) is 2.48. The maximum Gasteiger partial charge on any atom is 0.271 e. The molecule has 0 unspecified atom stereocenters. The van der Waals surface area contributed by atoms with Gasteiger partial charge < -0.3 is 10.2 Å². The molecule has 1 saturated carbocycles. The van der Waals surface area contributed by atoms with Gasteiger partial charge in [-0.15, -0.1) is 0 Å². The third-order valence-electron chi connectivity index (χ3n) is 3.65. The van der Waals surface area contributed by atoms with Crippen LogP contribution in [0.1, 0.15) is 50.0 Å². The summed E-state index contributed by atoms with van der Waals surface area (Å²) in [5.74, 6) is 0.716. The standard InChI is InChI=1S/C14H22N4O/c1-3-18(4-2)13-10-15-12(9-16-13)14(19)17-11-7-5-6-8-11/h9-11H,3-8H2,1-2H3,(H,17,19). The van der Waals surface area contributed by atoms with E-state index in [0.29, 0.717) is 11.7 Å². The number of hydrogen-bond acceptors (Lipinski definition) is 4. The topological polar surface area (TPSA) is 58.1 Å². The van der Waals surface area contributed by atoms with Crippen LogP contribution in [0.15, 0.2) is 12.4 Å². The lowest BCUT2D eigenvalue weighted by Crippen LogP contribution is -2.33. The molecule has 1 aliphatic rings. The van der Waals surface area contributed by atoms with Crippen LogP contribution in [-0.2, 0) is 0 Å². The van der Waals surface area contributed by atoms with E-state index in [1.165, 1.54) is 12.8 Å². The number of carbonyl (C=O) groups excluding carboxylic acids is 1. The highest BCUT2D eigenvalue weighted by Gasteiger charge is 2.18. The van der Waals surface area contributed by atoms with Gasteiger partial charge in [0.2, 0.25) is 0 Å². The molecule has 0 bridgehead atoms. The van der Waals surface area contributed by atoms with Crippen molar-refractivity contribution in [1.82, 2.24) is 15.3 Å². The van der Waals surface area contributed by atoms with E-state index < -0.39 is 0 Å². The van der Waals surface area contributed by atoms with E-state index >= 15 is 0 Å². The van der Waals surface area contributed by atoms with Gasteiger partial charge in [0.15, 0.2) is 0 Å². The second-order valence-corrected chi connectivity index (χ2v) is 4.89. The predicted octanol–water partition coefficient (Wildman–Crippen LogP) is 2.00. The lowest BCUT2D eigenvalue weighted by atomic mass is 10.2. The van der Waals surface area contributed by atoms with Crippen molar-refractivity contribution in [3.63, 3.8) is 0 Å². The molecule has 1 heterocycles. The minimum Gasteiger partial charge on any atom is -0.356 e. The lowest BCUT2D eigenvalue weighted by Gasteiger charge is -2.19. The third-order valence-corrected chi connectivity index (χ3v) is 3.65. The average molecular weight is 262 g/mol. The first-order valence-corrected chi connectivity index (χ1v) is 7.12. The van der Waals surface area contributed by atoms with Gasteiger partial charge in [-0.3, -0.25) is 4.79 Å². The Balaban J connectivity index is 1.98. The molecule has 19 heavy (non-hydrogen) atoms. The van der Waals surface area contributed by atoms with E-state index in [0.717, 1.165) is 31.7 Å². The number of carbonyl (C=O) groups is 1. The van der Waals surface area contributed by atoms with Crippen molar-refractivity contribution in [2.24, 2.45) is 0 Å². The maximum absolute atomic E-state index is 12.0. The zero-order chi connectivity index (χ0) is 13.7. The van der Waals surface area contributed by atoms with Gasteiger partial charge in [0, 0.05) is 19.1 Å². The van der Waals surface area contributed by atoms with E-state index in [-0.39, 0.29) is 5.91 Å². The predicted molar refractivity (Wildman–Crippen MR) is 75.3 cm³/mol. The minimum atomic E-state index is -0.106. The monoisotopic (exact) mass is 262 g/mol. The Labute approximate surface area is 114 Å². The molecular weight excluding hydrogens is 240 g/mol. The van der Waals surface area contributed by atoms with Gasteiger partial charge in [0.25, 0.3) is 5.91 Å². The average Bonchev–Trinajstić information content (AvgIpc) is 2.94. The van der Waals surface area contributed by atoms with Gasteiger partial charge in [-0.1, -0.05) is 12.8 Å². The summed E-state index contributed by atoms with van der Waals surface area (Å²) < 4.78 is 0. The number of rotatable bonds is 5. The first-order chi connectivity index (χ1) is 9.24. The SMILES string of the molecule is CCN(CC)c1cnc(C(=O)NC2CCCC2)cn1. The van der Waals surface area contributed by atoms with E-state index in [9.17, 15) is 4.79 Å². The molecule has 0 aromatic carbocycles. The second-order valence-electron chi connectivity index (χ2n) is 4.89. The lowest BCUT2D eigenvalue weighted by molar-refractivity contribution is 0.0932. The highest BCUT2D eigenvalue weighted by atomic mass is 16.1. The van der Waals surface area contributed by atoms with Crippen molar-refractivity contribution in [2.45, 2.75) is 45.6 Å². The fraction of sp³-hybridized carbons (Fsp3) is 0.643.